The molecular weight excluding hydrogens is 288 g/mol. The molecule has 1 atom stereocenters. The molecule has 1 amide bonds. The Morgan fingerprint density at radius 2 is 2.00 bits per heavy atom. The van der Waals surface area contributed by atoms with Crippen LogP contribution in [0.25, 0.3) is 0 Å². The van der Waals surface area contributed by atoms with E-state index in [1.165, 1.54) is 0 Å². The lowest BCUT2D eigenvalue weighted by Crippen LogP contribution is -2.35. The summed E-state index contributed by atoms with van der Waals surface area (Å²) in [6, 6.07) is 0. The van der Waals surface area contributed by atoms with Crippen LogP contribution in [0.5, 0.6) is 0 Å². The molecule has 8 nitrogen and oxygen atoms in total. The molecule has 0 aliphatic carbocycles. The molecule has 0 aromatic heterocycles. The van der Waals surface area contributed by atoms with Crippen LogP contribution in [0.2, 0.25) is 0 Å². The Bertz CT molecular complexity index is 412. The van der Waals surface area contributed by atoms with E-state index in [0.29, 0.717) is 31.1 Å². The van der Waals surface area contributed by atoms with Crippen molar-refractivity contribution in [2.45, 2.75) is 59.6 Å². The van der Waals surface area contributed by atoms with Gasteiger partial charge in [-0.15, -0.1) is 0 Å². The third-order valence-corrected chi connectivity index (χ3v) is 2.72. The van der Waals surface area contributed by atoms with Crippen molar-refractivity contribution in [2.75, 3.05) is 19.7 Å². The van der Waals surface area contributed by atoms with Crippen molar-refractivity contribution >= 4 is 6.09 Å². The average molecular weight is 316 g/mol. The molecule has 8 heteroatoms. The van der Waals surface area contributed by atoms with E-state index in [1.807, 2.05) is 41.5 Å². The third kappa shape index (κ3) is 7.44. The summed E-state index contributed by atoms with van der Waals surface area (Å²) < 4.78 is 5.25. The van der Waals surface area contributed by atoms with Crippen molar-refractivity contribution in [1.29, 1.82) is 0 Å². The smallest absolute Gasteiger partial charge is 0.409 e. The van der Waals surface area contributed by atoms with Crippen molar-refractivity contribution in [1.82, 2.24) is 10.5 Å². The number of amides is 1. The molecular formula is C14H28N4O4. The molecule has 1 heterocycles. The molecule has 0 saturated carbocycles. The Hall–Kier alpha value is -1.57. The van der Waals surface area contributed by atoms with E-state index in [9.17, 15) is 10.0 Å². The Labute approximate surface area is 132 Å². The lowest BCUT2D eigenvalue weighted by molar-refractivity contribution is -0.652. The summed E-state index contributed by atoms with van der Waals surface area (Å²) in [4.78, 5) is 19.0. The molecule has 1 rings (SSSR count). The summed E-state index contributed by atoms with van der Waals surface area (Å²) in [6.45, 7) is 12.7. The quantitative estimate of drug-likeness (QED) is 0.489. The van der Waals surface area contributed by atoms with Gasteiger partial charge in [0.2, 0.25) is 0 Å². The maximum Gasteiger partial charge on any atom is 0.409 e. The van der Waals surface area contributed by atoms with Crippen LogP contribution in [0.4, 0.5) is 4.79 Å². The molecule has 22 heavy (non-hydrogen) atoms. The molecule has 0 radical (unpaired) electrons. The number of nitrogens with zero attached hydrogens (tertiary/aromatic N) is 3. The number of rotatable bonds is 4. The second kappa shape index (κ2) is 7.13. The lowest BCUT2D eigenvalue weighted by atomic mass is 9.99. The van der Waals surface area contributed by atoms with Crippen LogP contribution in [0.15, 0.2) is 5.11 Å². The van der Waals surface area contributed by atoms with E-state index in [2.05, 4.69) is 10.7 Å². The predicted octanol–water partition coefficient (Wildman–Crippen LogP) is 2.44. The highest BCUT2D eigenvalue weighted by molar-refractivity contribution is 5.68. The summed E-state index contributed by atoms with van der Waals surface area (Å²) in [5.41, 5.74) is 1.67. The fraction of sp³-hybridized carbons (Fsp3) is 0.929. The zero-order valence-corrected chi connectivity index (χ0v) is 14.4. The standard InChI is InChI=1S/C14H28N4O4/c1-13(2,3)10-21-12(19)17-8-7-11(9-17)22-16-18(20)15-14(4,5)6/h11H,7-10H2,1-6H3,(H,15,16)/t11-/m1/s1. The van der Waals surface area contributed by atoms with E-state index in [0.717, 1.165) is 0 Å². The van der Waals surface area contributed by atoms with Crippen molar-refractivity contribution in [2.24, 2.45) is 10.5 Å². The lowest BCUT2D eigenvalue weighted by Gasteiger charge is -2.21. The molecule has 1 aliphatic rings. The maximum atomic E-state index is 11.9. The van der Waals surface area contributed by atoms with E-state index in [1.54, 1.807) is 4.90 Å². The maximum absolute atomic E-state index is 11.9. The van der Waals surface area contributed by atoms with Crippen LogP contribution in [0.3, 0.4) is 0 Å². The zero-order valence-electron chi connectivity index (χ0n) is 14.4. The zero-order chi connectivity index (χ0) is 17.0. The van der Waals surface area contributed by atoms with Gasteiger partial charge in [-0.2, -0.15) is 0 Å². The average Bonchev–Trinajstić information content (AvgIpc) is 2.79. The highest BCUT2D eigenvalue weighted by Crippen LogP contribution is 2.17. The van der Waals surface area contributed by atoms with Gasteiger partial charge in [0.15, 0.2) is 0 Å². The van der Waals surface area contributed by atoms with Gasteiger partial charge in [-0.05, 0) is 38.2 Å². The Kier molecular flexibility index (Phi) is 5.99. The predicted molar refractivity (Wildman–Crippen MR) is 80.8 cm³/mol. The first kappa shape index (κ1) is 18.5. The second-order valence-electron chi connectivity index (χ2n) is 7.72. The molecule has 128 valence electrons. The number of hydrazine groups is 1. The minimum Gasteiger partial charge on any atom is -0.570 e. The van der Waals surface area contributed by atoms with Crippen LogP contribution < -0.4 is 5.59 Å². The summed E-state index contributed by atoms with van der Waals surface area (Å²) in [5.74, 6) is 0. The van der Waals surface area contributed by atoms with Gasteiger partial charge in [-0.1, -0.05) is 20.8 Å². The van der Waals surface area contributed by atoms with E-state index < -0.39 is 5.54 Å². The highest BCUT2D eigenvalue weighted by Gasteiger charge is 2.30. The second-order valence-corrected chi connectivity index (χ2v) is 7.72. The fourth-order valence-corrected chi connectivity index (χ4v) is 1.77. The van der Waals surface area contributed by atoms with Crippen LogP contribution in [0, 0.1) is 10.6 Å². The monoisotopic (exact) mass is 316 g/mol. The van der Waals surface area contributed by atoms with Gasteiger partial charge >= 0.3 is 6.09 Å². The summed E-state index contributed by atoms with van der Waals surface area (Å²) in [7, 11) is 0. The largest absolute Gasteiger partial charge is 0.570 e. The number of nitrogens with one attached hydrogen (secondary N) is 1. The van der Waals surface area contributed by atoms with Crippen LogP contribution in [-0.4, -0.2) is 47.3 Å². The SMILES string of the molecule is CC(C)(C)COC(=O)N1CC[C@@H](ON[N+]([O-])=NC(C)(C)C)C1. The Balaban J connectivity index is 2.34. The Morgan fingerprint density at radius 3 is 2.55 bits per heavy atom. The van der Waals surface area contributed by atoms with Crippen molar-refractivity contribution < 1.29 is 19.3 Å². The number of carbonyl (C=O) groups is 1. The molecule has 1 N–H and O–H groups in total. The first-order valence-electron chi connectivity index (χ1n) is 7.49. The van der Waals surface area contributed by atoms with Gasteiger partial charge in [0, 0.05) is 11.7 Å². The van der Waals surface area contributed by atoms with Gasteiger partial charge in [-0.3, -0.25) is 0 Å². The van der Waals surface area contributed by atoms with Gasteiger partial charge < -0.3 is 14.8 Å². The summed E-state index contributed by atoms with van der Waals surface area (Å²) >= 11 is 0. The molecule has 1 aliphatic heterocycles. The van der Waals surface area contributed by atoms with Crippen molar-refractivity contribution in [3.05, 3.63) is 5.21 Å². The molecule has 1 saturated heterocycles. The van der Waals surface area contributed by atoms with Crippen LogP contribution >= 0.6 is 0 Å². The van der Waals surface area contributed by atoms with Gasteiger partial charge in [0.1, 0.15) is 11.6 Å². The molecule has 0 bridgehead atoms. The van der Waals surface area contributed by atoms with Crippen molar-refractivity contribution in [3.63, 3.8) is 0 Å². The third-order valence-electron chi connectivity index (χ3n) is 2.72. The number of hydrogen-bond acceptors (Lipinski definition) is 5. The minimum absolute atomic E-state index is 0.0651. The fourth-order valence-electron chi connectivity index (χ4n) is 1.77. The summed E-state index contributed by atoms with van der Waals surface area (Å²) in [5, 5.41) is 15.3. The number of ether oxygens (including phenoxy) is 1. The van der Waals surface area contributed by atoms with Crippen molar-refractivity contribution in [3.8, 4) is 0 Å². The Morgan fingerprint density at radius 1 is 1.36 bits per heavy atom. The van der Waals surface area contributed by atoms with E-state index >= 15 is 0 Å². The molecule has 0 aromatic carbocycles. The molecule has 0 unspecified atom stereocenters. The van der Waals surface area contributed by atoms with Crippen LogP contribution in [0.1, 0.15) is 48.0 Å². The first-order valence-corrected chi connectivity index (χ1v) is 7.49. The topological polar surface area (TPSA) is 89.2 Å². The first-order chi connectivity index (χ1) is 9.96. The van der Waals surface area contributed by atoms with E-state index in [-0.39, 0.29) is 17.6 Å². The number of hydrogen-bond donors (Lipinski definition) is 1. The minimum atomic E-state index is -0.490. The van der Waals surface area contributed by atoms with E-state index in [4.69, 9.17) is 9.57 Å². The number of carbonyl (C=O) groups excluding carboxylic acids is 1. The summed E-state index contributed by atoms with van der Waals surface area (Å²) in [6.07, 6.45) is 0.0363. The molecule has 1 fully saturated rings. The normalized spacial score (nSPS) is 20.2. The highest BCUT2D eigenvalue weighted by atomic mass is 16.8. The number of likely N-dealkylation sites (tertiary alicyclic amines) is 1. The van der Waals surface area contributed by atoms with Gasteiger partial charge in [-0.25, -0.2) is 9.63 Å². The van der Waals surface area contributed by atoms with Gasteiger partial charge in [0.05, 0.1) is 18.1 Å². The molecule has 0 aromatic rings. The van der Waals surface area contributed by atoms with Gasteiger partial charge in [0.25, 0.3) is 0 Å². The molecule has 0 spiro atoms. The van der Waals surface area contributed by atoms with Crippen LogP contribution in [-0.2, 0) is 9.57 Å².